The monoisotopic (exact) mass is 509 g/mol. The van der Waals surface area contributed by atoms with Crippen LogP contribution in [0.4, 0.5) is 5.69 Å². The number of benzene rings is 2. The van der Waals surface area contributed by atoms with Crippen LogP contribution in [0.5, 0.6) is 11.5 Å². The lowest BCUT2D eigenvalue weighted by atomic mass is 9.94. The number of aliphatic hydroxyl groups is 1. The number of fused-ring (bicyclic) bond motifs is 1. The van der Waals surface area contributed by atoms with Gasteiger partial charge in [0.2, 0.25) is 0 Å². The van der Waals surface area contributed by atoms with Gasteiger partial charge in [-0.1, -0.05) is 12.1 Å². The van der Waals surface area contributed by atoms with Gasteiger partial charge >= 0.3 is 0 Å². The molecule has 3 heterocycles. The fraction of sp³-hybridized carbons (Fsp3) is 0.385. The van der Waals surface area contributed by atoms with Gasteiger partial charge in [-0.25, -0.2) is 0 Å². The first-order valence-electron chi connectivity index (χ1n) is 12.2. The van der Waals surface area contributed by atoms with Crippen molar-refractivity contribution < 1.29 is 33.8 Å². The standard InChI is InChI=1S/C26H27N3O8/c30-24(18-5-6-20-21(16-18)37-14-13-36-20)22-23(17-3-1-4-19(15-17)29(33)34)28(26(32)25(22)31)8-2-7-27-9-11-35-12-10-27/h1,3-6,15-16,23,30H,2,7-14H2/t23-/m1/s1. The average Bonchev–Trinajstić information content (AvgIpc) is 3.18. The Morgan fingerprint density at radius 2 is 1.76 bits per heavy atom. The van der Waals surface area contributed by atoms with Gasteiger partial charge in [0, 0.05) is 43.9 Å². The number of ketones is 1. The number of Topliss-reactive ketones (excluding diaryl/α,β-unsaturated/α-hetero) is 1. The van der Waals surface area contributed by atoms with Crippen molar-refractivity contribution in [2.24, 2.45) is 0 Å². The molecule has 3 aliphatic heterocycles. The molecule has 0 unspecified atom stereocenters. The van der Waals surface area contributed by atoms with Crippen molar-refractivity contribution in [3.05, 3.63) is 69.3 Å². The lowest BCUT2D eigenvalue weighted by Gasteiger charge is -2.29. The number of amides is 1. The molecular weight excluding hydrogens is 482 g/mol. The minimum Gasteiger partial charge on any atom is -0.507 e. The first-order chi connectivity index (χ1) is 17.9. The highest BCUT2D eigenvalue weighted by Crippen LogP contribution is 2.41. The van der Waals surface area contributed by atoms with Gasteiger partial charge in [0.25, 0.3) is 17.4 Å². The molecule has 2 aromatic carbocycles. The normalized spacial score (nSPS) is 21.3. The summed E-state index contributed by atoms with van der Waals surface area (Å²) in [5.41, 5.74) is 0.370. The summed E-state index contributed by atoms with van der Waals surface area (Å²) in [5.74, 6) is -1.03. The van der Waals surface area contributed by atoms with Crippen LogP contribution in [-0.2, 0) is 14.3 Å². The highest BCUT2D eigenvalue weighted by atomic mass is 16.6. The quantitative estimate of drug-likeness (QED) is 0.197. The van der Waals surface area contributed by atoms with E-state index in [0.717, 1.165) is 13.1 Å². The first-order valence-corrected chi connectivity index (χ1v) is 12.2. The van der Waals surface area contributed by atoms with Gasteiger partial charge < -0.3 is 24.2 Å². The van der Waals surface area contributed by atoms with Gasteiger partial charge in [-0.15, -0.1) is 0 Å². The highest BCUT2D eigenvalue weighted by molar-refractivity contribution is 6.46. The molecule has 194 valence electrons. The van der Waals surface area contributed by atoms with E-state index < -0.39 is 22.7 Å². The van der Waals surface area contributed by atoms with Crippen molar-refractivity contribution in [1.29, 1.82) is 0 Å². The lowest BCUT2D eigenvalue weighted by Crippen LogP contribution is -2.39. The second kappa shape index (κ2) is 10.6. The molecule has 0 spiro atoms. The van der Waals surface area contributed by atoms with Crippen LogP contribution in [0.1, 0.15) is 23.6 Å². The van der Waals surface area contributed by atoms with E-state index in [2.05, 4.69) is 4.90 Å². The average molecular weight is 510 g/mol. The van der Waals surface area contributed by atoms with Crippen molar-refractivity contribution in [2.45, 2.75) is 12.5 Å². The summed E-state index contributed by atoms with van der Waals surface area (Å²) >= 11 is 0. The van der Waals surface area contributed by atoms with Crippen molar-refractivity contribution in [1.82, 2.24) is 9.80 Å². The number of hydrogen-bond acceptors (Lipinski definition) is 9. The third-order valence-electron chi connectivity index (χ3n) is 6.73. The van der Waals surface area contributed by atoms with Crippen LogP contribution >= 0.6 is 0 Å². The summed E-state index contributed by atoms with van der Waals surface area (Å²) in [5, 5.41) is 22.7. The minimum absolute atomic E-state index is 0.117. The summed E-state index contributed by atoms with van der Waals surface area (Å²) in [6.45, 7) is 4.57. The van der Waals surface area contributed by atoms with Gasteiger partial charge in [-0.05, 0) is 30.2 Å². The largest absolute Gasteiger partial charge is 0.507 e. The Labute approximate surface area is 213 Å². The molecule has 11 nitrogen and oxygen atoms in total. The number of carbonyl (C=O) groups excluding carboxylic acids is 2. The molecule has 0 bridgehead atoms. The molecule has 5 rings (SSSR count). The first kappa shape index (κ1) is 24.7. The van der Waals surface area contributed by atoms with Crippen molar-refractivity contribution >= 4 is 23.1 Å². The Bertz CT molecular complexity index is 1250. The number of rotatable bonds is 7. The molecule has 2 fully saturated rings. The number of likely N-dealkylation sites (tertiary alicyclic amines) is 1. The Kier molecular flexibility index (Phi) is 7.06. The number of nitrogens with zero attached hydrogens (tertiary/aromatic N) is 3. The zero-order chi connectivity index (χ0) is 25.9. The maximum Gasteiger partial charge on any atom is 0.295 e. The highest BCUT2D eigenvalue weighted by Gasteiger charge is 2.46. The maximum absolute atomic E-state index is 13.3. The van der Waals surface area contributed by atoms with E-state index in [9.17, 15) is 24.8 Å². The van der Waals surface area contributed by atoms with Gasteiger partial charge in [0.15, 0.2) is 11.5 Å². The molecule has 1 amide bonds. The predicted molar refractivity (Wildman–Crippen MR) is 131 cm³/mol. The Morgan fingerprint density at radius 1 is 1.00 bits per heavy atom. The summed E-state index contributed by atoms with van der Waals surface area (Å²) in [4.78, 5) is 41.0. The summed E-state index contributed by atoms with van der Waals surface area (Å²) in [7, 11) is 0. The van der Waals surface area contributed by atoms with E-state index in [0.29, 0.717) is 56.5 Å². The van der Waals surface area contributed by atoms with Crippen LogP contribution in [0.25, 0.3) is 5.76 Å². The number of nitro groups is 1. The van der Waals surface area contributed by atoms with Crippen molar-refractivity contribution in [3.8, 4) is 11.5 Å². The second-order valence-corrected chi connectivity index (χ2v) is 9.01. The molecule has 0 saturated carbocycles. The Hall–Kier alpha value is -3.96. The molecule has 0 radical (unpaired) electrons. The van der Waals surface area contributed by atoms with E-state index in [-0.39, 0.29) is 29.1 Å². The molecule has 37 heavy (non-hydrogen) atoms. The zero-order valence-corrected chi connectivity index (χ0v) is 20.1. The zero-order valence-electron chi connectivity index (χ0n) is 20.1. The van der Waals surface area contributed by atoms with E-state index in [1.807, 2.05) is 0 Å². The Balaban J connectivity index is 1.51. The van der Waals surface area contributed by atoms with Crippen LogP contribution in [0.15, 0.2) is 48.0 Å². The topological polar surface area (TPSA) is 132 Å². The van der Waals surface area contributed by atoms with Gasteiger partial charge in [0.1, 0.15) is 19.0 Å². The van der Waals surface area contributed by atoms with Crippen LogP contribution in [0.3, 0.4) is 0 Å². The van der Waals surface area contributed by atoms with E-state index in [1.54, 1.807) is 24.3 Å². The van der Waals surface area contributed by atoms with Crippen LogP contribution in [0.2, 0.25) is 0 Å². The fourth-order valence-electron chi connectivity index (χ4n) is 4.90. The lowest BCUT2D eigenvalue weighted by molar-refractivity contribution is -0.384. The maximum atomic E-state index is 13.3. The SMILES string of the molecule is O=C1C(=O)N(CCCN2CCOCC2)[C@H](c2cccc([N+](=O)[O-])c2)C1=C(O)c1ccc2c(c1)OCCO2. The van der Waals surface area contributed by atoms with E-state index in [4.69, 9.17) is 14.2 Å². The summed E-state index contributed by atoms with van der Waals surface area (Å²) < 4.78 is 16.5. The molecule has 11 heteroatoms. The van der Waals surface area contributed by atoms with Crippen molar-refractivity contribution in [2.75, 3.05) is 52.6 Å². The third kappa shape index (κ3) is 5.00. The van der Waals surface area contributed by atoms with Crippen LogP contribution in [0, 0.1) is 10.1 Å². The van der Waals surface area contributed by atoms with Crippen LogP contribution < -0.4 is 9.47 Å². The number of nitro benzene ring substituents is 1. The number of hydrogen-bond donors (Lipinski definition) is 1. The molecule has 1 N–H and O–H groups in total. The van der Waals surface area contributed by atoms with Gasteiger partial charge in [0.05, 0.1) is 29.8 Å². The van der Waals surface area contributed by atoms with E-state index >= 15 is 0 Å². The molecule has 1 atom stereocenters. The minimum atomic E-state index is -0.974. The molecule has 3 aliphatic rings. The number of morpholine rings is 1. The molecular formula is C26H27N3O8. The van der Waals surface area contributed by atoms with Crippen LogP contribution in [-0.4, -0.2) is 84.1 Å². The predicted octanol–water partition coefficient (Wildman–Crippen LogP) is 2.51. The number of carbonyl (C=O) groups is 2. The molecule has 2 aromatic rings. The number of aliphatic hydroxyl groups excluding tert-OH is 1. The number of ether oxygens (including phenoxy) is 3. The van der Waals surface area contributed by atoms with Crippen molar-refractivity contribution in [3.63, 3.8) is 0 Å². The fourth-order valence-corrected chi connectivity index (χ4v) is 4.90. The summed E-state index contributed by atoms with van der Waals surface area (Å²) in [6.07, 6.45) is 0.586. The molecule has 0 aromatic heterocycles. The number of non-ortho nitro benzene ring substituents is 1. The smallest absolute Gasteiger partial charge is 0.295 e. The van der Waals surface area contributed by atoms with Gasteiger partial charge in [-0.2, -0.15) is 0 Å². The third-order valence-corrected chi connectivity index (χ3v) is 6.73. The Morgan fingerprint density at radius 3 is 2.51 bits per heavy atom. The summed E-state index contributed by atoms with van der Waals surface area (Å²) in [6, 6.07) is 9.60. The molecule has 2 saturated heterocycles. The van der Waals surface area contributed by atoms with E-state index in [1.165, 1.54) is 23.1 Å². The van der Waals surface area contributed by atoms with Gasteiger partial charge in [-0.3, -0.25) is 24.6 Å². The second-order valence-electron chi connectivity index (χ2n) is 9.01. The molecule has 0 aliphatic carbocycles.